The first-order valence-electron chi connectivity index (χ1n) is 7.74. The number of halogens is 3. The van der Waals surface area contributed by atoms with E-state index in [9.17, 15) is 0 Å². The minimum atomic E-state index is 0. The molecule has 0 fully saturated rings. The number of hydrogen-bond acceptors (Lipinski definition) is 4. The van der Waals surface area contributed by atoms with Crippen LogP contribution in [-0.2, 0) is 17.9 Å². The number of aliphatic hydroxyl groups is 1. The molecule has 2 aromatic carbocycles. The van der Waals surface area contributed by atoms with Crippen LogP contribution in [0, 0.1) is 0 Å². The van der Waals surface area contributed by atoms with E-state index < -0.39 is 0 Å². The second-order valence-electron chi connectivity index (χ2n) is 5.18. The fourth-order valence-electron chi connectivity index (χ4n) is 2.10. The van der Waals surface area contributed by atoms with Gasteiger partial charge in [-0.3, -0.25) is 0 Å². The first-order chi connectivity index (χ1) is 11.7. The van der Waals surface area contributed by atoms with Gasteiger partial charge in [-0.05, 0) is 35.9 Å². The van der Waals surface area contributed by atoms with Crippen LogP contribution in [0.3, 0.4) is 0 Å². The maximum atomic E-state index is 8.65. The van der Waals surface area contributed by atoms with E-state index >= 15 is 0 Å². The monoisotopic (exact) mass is 405 g/mol. The summed E-state index contributed by atoms with van der Waals surface area (Å²) < 4.78 is 11.1. The molecule has 25 heavy (non-hydrogen) atoms. The van der Waals surface area contributed by atoms with Crippen LogP contribution in [0.15, 0.2) is 42.5 Å². The van der Waals surface area contributed by atoms with Crippen molar-refractivity contribution < 1.29 is 14.6 Å². The first-order valence-corrected chi connectivity index (χ1v) is 8.49. The smallest absolute Gasteiger partial charge is 0.124 e. The highest BCUT2D eigenvalue weighted by Gasteiger charge is 2.05. The highest BCUT2D eigenvalue weighted by atomic mass is 35.5. The Morgan fingerprint density at radius 1 is 0.960 bits per heavy atom. The SMILES string of the molecule is Cl.OCCOCCNCc1cc(Cl)ccc1OCc1ccc(Cl)cc1. The van der Waals surface area contributed by atoms with Gasteiger partial charge in [0.1, 0.15) is 12.4 Å². The summed E-state index contributed by atoms with van der Waals surface area (Å²) in [6.45, 7) is 2.71. The zero-order valence-electron chi connectivity index (χ0n) is 13.7. The van der Waals surface area contributed by atoms with E-state index in [4.69, 9.17) is 37.8 Å². The van der Waals surface area contributed by atoms with E-state index in [1.54, 1.807) is 0 Å². The van der Waals surface area contributed by atoms with E-state index in [-0.39, 0.29) is 19.0 Å². The molecular weight excluding hydrogens is 385 g/mol. The summed E-state index contributed by atoms with van der Waals surface area (Å²) in [5.41, 5.74) is 2.03. The molecule has 0 saturated carbocycles. The normalized spacial score (nSPS) is 10.4. The van der Waals surface area contributed by atoms with E-state index in [1.807, 2.05) is 42.5 Å². The highest BCUT2D eigenvalue weighted by Crippen LogP contribution is 2.24. The number of nitrogens with one attached hydrogen (secondary N) is 1. The Bertz CT molecular complexity index is 623. The molecule has 0 saturated heterocycles. The van der Waals surface area contributed by atoms with Crippen LogP contribution in [0.1, 0.15) is 11.1 Å². The predicted octanol–water partition coefficient (Wildman–Crippen LogP) is 4.09. The molecule has 0 radical (unpaired) electrons. The van der Waals surface area contributed by atoms with Crippen molar-refractivity contribution in [3.63, 3.8) is 0 Å². The Balaban J connectivity index is 0.00000312. The predicted molar refractivity (Wildman–Crippen MR) is 104 cm³/mol. The van der Waals surface area contributed by atoms with Crippen molar-refractivity contribution >= 4 is 35.6 Å². The summed E-state index contributed by atoms with van der Waals surface area (Å²) in [5, 5.41) is 13.3. The molecule has 138 valence electrons. The number of benzene rings is 2. The summed E-state index contributed by atoms with van der Waals surface area (Å²) in [4.78, 5) is 0. The molecule has 0 aliphatic heterocycles. The van der Waals surface area contributed by atoms with Gasteiger partial charge in [0.25, 0.3) is 0 Å². The topological polar surface area (TPSA) is 50.7 Å². The Kier molecular flexibility index (Phi) is 10.9. The molecule has 0 aromatic heterocycles. The maximum absolute atomic E-state index is 8.65. The lowest BCUT2D eigenvalue weighted by Crippen LogP contribution is -2.20. The van der Waals surface area contributed by atoms with Gasteiger partial charge in [-0.15, -0.1) is 12.4 Å². The average Bonchev–Trinajstić information content (AvgIpc) is 2.58. The van der Waals surface area contributed by atoms with Crippen molar-refractivity contribution in [2.75, 3.05) is 26.4 Å². The molecule has 0 aliphatic rings. The van der Waals surface area contributed by atoms with Gasteiger partial charge in [-0.1, -0.05) is 35.3 Å². The van der Waals surface area contributed by atoms with E-state index in [1.165, 1.54) is 0 Å². The van der Waals surface area contributed by atoms with Gasteiger partial charge in [-0.25, -0.2) is 0 Å². The van der Waals surface area contributed by atoms with Crippen LogP contribution in [0.4, 0.5) is 0 Å². The molecular formula is C18H22Cl3NO3. The van der Waals surface area contributed by atoms with Crippen molar-refractivity contribution in [3.05, 3.63) is 63.6 Å². The minimum absolute atomic E-state index is 0. The summed E-state index contributed by atoms with van der Waals surface area (Å²) in [6, 6.07) is 13.1. The van der Waals surface area contributed by atoms with Gasteiger partial charge in [0.05, 0.1) is 19.8 Å². The van der Waals surface area contributed by atoms with Gasteiger partial charge in [-0.2, -0.15) is 0 Å². The fourth-order valence-corrected chi connectivity index (χ4v) is 2.42. The zero-order valence-corrected chi connectivity index (χ0v) is 16.0. The van der Waals surface area contributed by atoms with E-state index in [0.717, 1.165) is 16.9 Å². The Morgan fingerprint density at radius 3 is 2.40 bits per heavy atom. The molecule has 0 atom stereocenters. The van der Waals surface area contributed by atoms with Gasteiger partial charge in [0, 0.05) is 28.7 Å². The van der Waals surface area contributed by atoms with Crippen molar-refractivity contribution in [3.8, 4) is 5.75 Å². The Morgan fingerprint density at radius 2 is 1.68 bits per heavy atom. The van der Waals surface area contributed by atoms with E-state index in [2.05, 4.69) is 5.32 Å². The zero-order chi connectivity index (χ0) is 17.2. The quantitative estimate of drug-likeness (QED) is 0.583. The summed E-state index contributed by atoms with van der Waals surface area (Å²) in [7, 11) is 0. The molecule has 4 nitrogen and oxygen atoms in total. The van der Waals surface area contributed by atoms with E-state index in [0.29, 0.717) is 43.0 Å². The van der Waals surface area contributed by atoms with Gasteiger partial charge in [0.2, 0.25) is 0 Å². The molecule has 2 N–H and O–H groups in total. The third-order valence-electron chi connectivity index (χ3n) is 3.30. The number of rotatable bonds is 10. The molecule has 0 spiro atoms. The van der Waals surface area contributed by atoms with Crippen molar-refractivity contribution in [2.45, 2.75) is 13.2 Å². The fraction of sp³-hybridized carbons (Fsp3) is 0.333. The lowest BCUT2D eigenvalue weighted by Gasteiger charge is -2.13. The molecule has 0 amide bonds. The third-order valence-corrected chi connectivity index (χ3v) is 3.79. The minimum Gasteiger partial charge on any atom is -0.489 e. The lowest BCUT2D eigenvalue weighted by molar-refractivity contribution is 0.0937. The average molecular weight is 407 g/mol. The highest BCUT2D eigenvalue weighted by molar-refractivity contribution is 6.30. The number of ether oxygens (including phenoxy) is 2. The van der Waals surface area contributed by atoms with Crippen LogP contribution < -0.4 is 10.1 Å². The summed E-state index contributed by atoms with van der Waals surface area (Å²) in [6.07, 6.45) is 0. The molecule has 0 unspecified atom stereocenters. The maximum Gasteiger partial charge on any atom is 0.124 e. The molecule has 0 bridgehead atoms. The van der Waals surface area contributed by atoms with Crippen LogP contribution >= 0.6 is 35.6 Å². The van der Waals surface area contributed by atoms with Gasteiger partial charge < -0.3 is 19.9 Å². The molecule has 2 rings (SSSR count). The largest absolute Gasteiger partial charge is 0.489 e. The second-order valence-corrected chi connectivity index (χ2v) is 6.05. The lowest BCUT2D eigenvalue weighted by atomic mass is 10.2. The van der Waals surface area contributed by atoms with Crippen LogP contribution in [0.2, 0.25) is 10.0 Å². The Hall–Kier alpha value is -1.01. The third kappa shape index (κ3) is 8.27. The van der Waals surface area contributed by atoms with Gasteiger partial charge in [0.15, 0.2) is 0 Å². The number of hydrogen-bond donors (Lipinski definition) is 2. The standard InChI is InChI=1S/C18H21Cl2NO3.ClH/c19-16-3-1-14(2-4-16)13-24-18-6-5-17(20)11-15(18)12-21-7-9-23-10-8-22;/h1-6,11,21-22H,7-10,12-13H2;1H. The second kappa shape index (κ2) is 12.4. The van der Waals surface area contributed by atoms with Gasteiger partial charge >= 0.3 is 0 Å². The van der Waals surface area contributed by atoms with Crippen LogP contribution in [-0.4, -0.2) is 31.5 Å². The van der Waals surface area contributed by atoms with Crippen molar-refractivity contribution in [2.24, 2.45) is 0 Å². The van der Waals surface area contributed by atoms with Crippen molar-refractivity contribution in [1.82, 2.24) is 5.32 Å². The molecule has 2 aromatic rings. The number of aliphatic hydroxyl groups excluding tert-OH is 1. The van der Waals surface area contributed by atoms with Crippen LogP contribution in [0.25, 0.3) is 0 Å². The molecule has 0 aliphatic carbocycles. The Labute approximate surface area is 164 Å². The summed E-state index contributed by atoms with van der Waals surface area (Å²) >= 11 is 12.0. The molecule has 7 heteroatoms. The molecule has 0 heterocycles. The van der Waals surface area contributed by atoms with Crippen molar-refractivity contribution in [1.29, 1.82) is 0 Å². The van der Waals surface area contributed by atoms with Crippen LogP contribution in [0.5, 0.6) is 5.75 Å². The first kappa shape index (κ1) is 22.0. The summed E-state index contributed by atoms with van der Waals surface area (Å²) in [5.74, 6) is 0.790.